The molecule has 0 amide bonds. The quantitative estimate of drug-likeness (QED) is 0.806. The largest absolute Gasteiger partial charge is 0.369 e. The molecule has 1 N–H and O–H groups in total. The van der Waals surface area contributed by atoms with Crippen molar-refractivity contribution in [3.63, 3.8) is 0 Å². The highest BCUT2D eigenvalue weighted by Crippen LogP contribution is 2.39. The summed E-state index contributed by atoms with van der Waals surface area (Å²) >= 11 is 7.46. The highest BCUT2D eigenvalue weighted by atomic mass is 35.5. The minimum absolute atomic E-state index is 0.190. The van der Waals surface area contributed by atoms with Crippen molar-refractivity contribution in [2.75, 3.05) is 22.7 Å². The maximum atomic E-state index is 12.6. The van der Waals surface area contributed by atoms with Gasteiger partial charge in [-0.3, -0.25) is 4.72 Å². The molecule has 1 aliphatic rings. The normalized spacial score (nSPS) is 17.5. The Hall–Kier alpha value is -1.18. The van der Waals surface area contributed by atoms with Gasteiger partial charge in [0.2, 0.25) is 0 Å². The zero-order chi connectivity index (χ0) is 18.2. The number of thiophene rings is 1. The first-order chi connectivity index (χ1) is 11.7. The van der Waals surface area contributed by atoms with E-state index in [0.717, 1.165) is 43.0 Å². The van der Waals surface area contributed by atoms with Gasteiger partial charge in [0.1, 0.15) is 12.1 Å². The molecule has 0 saturated carbocycles. The summed E-state index contributed by atoms with van der Waals surface area (Å²) in [6.45, 7) is 6.19. The average Bonchev–Trinajstić information content (AvgIpc) is 2.96. The Morgan fingerprint density at radius 3 is 2.48 bits per heavy atom. The van der Waals surface area contributed by atoms with Crippen LogP contribution in [0.25, 0.3) is 0 Å². The van der Waals surface area contributed by atoms with E-state index in [1.54, 1.807) is 24.3 Å². The molecule has 3 rings (SSSR count). The molecule has 0 unspecified atom stereocenters. The highest BCUT2D eigenvalue weighted by Gasteiger charge is 2.28. The number of piperidine rings is 1. The molecule has 2 heterocycles. The Morgan fingerprint density at radius 1 is 1.20 bits per heavy atom. The van der Waals surface area contributed by atoms with Crippen molar-refractivity contribution in [3.8, 4) is 0 Å². The van der Waals surface area contributed by atoms with E-state index >= 15 is 0 Å². The van der Waals surface area contributed by atoms with Crippen LogP contribution in [0.2, 0.25) is 5.02 Å². The van der Waals surface area contributed by atoms with E-state index in [-0.39, 0.29) is 4.21 Å². The van der Waals surface area contributed by atoms with Crippen molar-refractivity contribution in [2.24, 2.45) is 5.41 Å². The van der Waals surface area contributed by atoms with E-state index in [4.69, 9.17) is 19.4 Å². The number of halogens is 1. The van der Waals surface area contributed by atoms with E-state index in [1.807, 2.05) is 0 Å². The Labute approximate surface area is 159 Å². The Bertz CT molecular complexity index is 871. The van der Waals surface area contributed by atoms with Crippen molar-refractivity contribution in [1.82, 2.24) is 0 Å². The average molecular weight is 395 g/mol. The number of benzene rings is 1. The van der Waals surface area contributed by atoms with Gasteiger partial charge in [0.15, 0.2) is 0 Å². The molecule has 2 radical (unpaired) electrons. The van der Waals surface area contributed by atoms with Crippen LogP contribution in [0.4, 0.5) is 11.4 Å². The lowest BCUT2D eigenvalue weighted by Gasteiger charge is -2.39. The van der Waals surface area contributed by atoms with Gasteiger partial charge in [0, 0.05) is 13.1 Å². The fourth-order valence-electron chi connectivity index (χ4n) is 2.93. The summed E-state index contributed by atoms with van der Waals surface area (Å²) in [6.07, 6.45) is 2.07. The number of sulfonamides is 1. The lowest BCUT2D eigenvalue weighted by molar-refractivity contribution is 0.280. The zero-order valence-corrected chi connectivity index (χ0v) is 16.6. The predicted molar refractivity (Wildman–Crippen MR) is 107 cm³/mol. The molecule has 132 valence electrons. The second kappa shape index (κ2) is 6.85. The van der Waals surface area contributed by atoms with Crippen molar-refractivity contribution in [1.29, 1.82) is 0 Å². The van der Waals surface area contributed by atoms with Crippen LogP contribution in [-0.2, 0) is 10.0 Å². The Balaban J connectivity index is 1.91. The van der Waals surface area contributed by atoms with Crippen LogP contribution in [0.1, 0.15) is 26.7 Å². The zero-order valence-electron chi connectivity index (χ0n) is 14.3. The highest BCUT2D eigenvalue weighted by molar-refractivity contribution is 7.94. The molecule has 1 aliphatic heterocycles. The third kappa shape index (κ3) is 4.15. The lowest BCUT2D eigenvalue weighted by Crippen LogP contribution is -2.38. The smallest absolute Gasteiger partial charge is 0.271 e. The standard InChI is InChI=1S/C17H20BClN2O2S2/c1-17(2)8-10-21(11-9-17)16-12(19)4-3-5-13(16)20-25(22,23)15-7-6-14(18)24-15/h3-7,20H,8-11H2,1-2H3. The number of para-hydroxylation sites is 1. The van der Waals surface area contributed by atoms with Gasteiger partial charge >= 0.3 is 0 Å². The summed E-state index contributed by atoms with van der Waals surface area (Å²) in [6, 6.07) is 8.38. The van der Waals surface area contributed by atoms with Crippen molar-refractivity contribution >= 4 is 57.0 Å². The molecule has 1 fully saturated rings. The van der Waals surface area contributed by atoms with E-state index in [1.165, 1.54) is 6.07 Å². The Morgan fingerprint density at radius 2 is 1.88 bits per heavy atom. The van der Waals surface area contributed by atoms with Crippen LogP contribution >= 0.6 is 22.9 Å². The molecule has 8 heteroatoms. The van der Waals surface area contributed by atoms with Crippen molar-refractivity contribution in [3.05, 3.63) is 35.4 Å². The van der Waals surface area contributed by atoms with Gasteiger partial charge in [0.05, 0.1) is 16.4 Å². The number of nitrogens with zero attached hydrogens (tertiary/aromatic N) is 1. The minimum atomic E-state index is -3.69. The summed E-state index contributed by atoms with van der Waals surface area (Å²) in [5.74, 6) is 0. The van der Waals surface area contributed by atoms with E-state index in [9.17, 15) is 8.42 Å². The second-order valence-corrected chi connectivity index (χ2v) is 10.5. The van der Waals surface area contributed by atoms with Crippen LogP contribution in [-0.4, -0.2) is 29.4 Å². The molecule has 1 saturated heterocycles. The van der Waals surface area contributed by atoms with Gasteiger partial charge in [-0.2, -0.15) is 0 Å². The maximum absolute atomic E-state index is 12.6. The first-order valence-corrected chi connectivity index (χ1v) is 10.8. The fourth-order valence-corrected chi connectivity index (χ4v) is 5.38. The maximum Gasteiger partial charge on any atom is 0.271 e. The lowest BCUT2D eigenvalue weighted by atomic mass is 9.82. The van der Waals surface area contributed by atoms with Crippen LogP contribution in [0, 0.1) is 5.41 Å². The van der Waals surface area contributed by atoms with Gasteiger partial charge in [-0.1, -0.05) is 37.6 Å². The minimum Gasteiger partial charge on any atom is -0.369 e. The first-order valence-electron chi connectivity index (χ1n) is 8.10. The monoisotopic (exact) mass is 394 g/mol. The fraction of sp³-hybridized carbons (Fsp3) is 0.412. The molecular weight excluding hydrogens is 375 g/mol. The number of anilines is 2. The van der Waals surface area contributed by atoms with E-state index < -0.39 is 10.0 Å². The molecule has 2 aromatic rings. The van der Waals surface area contributed by atoms with Crippen LogP contribution in [0.5, 0.6) is 0 Å². The predicted octanol–water partition coefficient (Wildman–Crippen LogP) is 3.62. The number of hydrogen-bond acceptors (Lipinski definition) is 4. The van der Waals surface area contributed by atoms with Gasteiger partial charge in [0.25, 0.3) is 10.0 Å². The first kappa shape index (κ1) is 18.6. The van der Waals surface area contributed by atoms with Crippen LogP contribution in [0.3, 0.4) is 0 Å². The molecule has 4 nitrogen and oxygen atoms in total. The SMILES string of the molecule is [B]c1ccc(S(=O)(=O)Nc2cccc(Cl)c2N2CCC(C)(C)CC2)s1. The van der Waals surface area contributed by atoms with Crippen LogP contribution < -0.4 is 14.4 Å². The molecule has 0 bridgehead atoms. The number of nitrogens with one attached hydrogen (secondary N) is 1. The van der Waals surface area contributed by atoms with Crippen molar-refractivity contribution in [2.45, 2.75) is 30.9 Å². The van der Waals surface area contributed by atoms with Gasteiger partial charge < -0.3 is 4.90 Å². The number of hydrogen-bond donors (Lipinski definition) is 1. The third-order valence-corrected chi connectivity index (χ3v) is 7.61. The van der Waals surface area contributed by atoms with Gasteiger partial charge in [-0.05, 0) is 41.2 Å². The molecule has 0 spiro atoms. The van der Waals surface area contributed by atoms with Crippen LogP contribution in [0.15, 0.2) is 34.5 Å². The Kier molecular flexibility index (Phi) is 5.10. The second-order valence-electron chi connectivity index (χ2n) is 7.05. The topological polar surface area (TPSA) is 49.4 Å². The molecule has 0 atom stereocenters. The van der Waals surface area contributed by atoms with E-state index in [2.05, 4.69) is 23.5 Å². The third-order valence-electron chi connectivity index (χ3n) is 4.53. The number of rotatable bonds is 4. The summed E-state index contributed by atoms with van der Waals surface area (Å²) in [7, 11) is 1.97. The summed E-state index contributed by atoms with van der Waals surface area (Å²) < 4.78 is 28.6. The molecule has 25 heavy (non-hydrogen) atoms. The molecular formula is C17H20BClN2O2S2. The molecule has 1 aromatic carbocycles. The summed E-state index contributed by atoms with van der Waals surface area (Å²) in [5, 5.41) is 0.547. The molecule has 1 aromatic heterocycles. The van der Waals surface area contributed by atoms with Gasteiger partial charge in [-0.25, -0.2) is 8.42 Å². The van der Waals surface area contributed by atoms with Gasteiger partial charge in [-0.15, -0.1) is 11.3 Å². The van der Waals surface area contributed by atoms with E-state index in [0.29, 0.717) is 20.9 Å². The summed E-state index contributed by atoms with van der Waals surface area (Å²) in [4.78, 5) is 2.16. The summed E-state index contributed by atoms with van der Waals surface area (Å²) in [5.41, 5.74) is 1.54. The molecule has 0 aliphatic carbocycles. The van der Waals surface area contributed by atoms with Crippen molar-refractivity contribution < 1.29 is 8.42 Å².